The van der Waals surface area contributed by atoms with E-state index in [2.05, 4.69) is 0 Å². The molecule has 2 aromatic carbocycles. The first kappa shape index (κ1) is 15.4. The van der Waals surface area contributed by atoms with E-state index in [-0.39, 0.29) is 11.1 Å². The number of carbonyl (C=O) groups excluding carboxylic acids is 1. The van der Waals surface area contributed by atoms with Crippen LogP contribution in [0.15, 0.2) is 71.8 Å². The Kier molecular flexibility index (Phi) is 4.48. The number of thioether (sulfide) groups is 1. The van der Waals surface area contributed by atoms with Crippen molar-refractivity contribution < 1.29 is 4.79 Å². The lowest BCUT2D eigenvalue weighted by Gasteiger charge is -2.15. The summed E-state index contributed by atoms with van der Waals surface area (Å²) in [5, 5.41) is 8.34. The number of nitrogens with zero attached hydrogens (tertiary/aromatic N) is 2. The summed E-state index contributed by atoms with van der Waals surface area (Å²) in [6, 6.07) is 19.6. The van der Waals surface area contributed by atoms with Crippen LogP contribution in [-0.2, 0) is 11.3 Å². The summed E-state index contributed by atoms with van der Waals surface area (Å²) in [5.41, 5.74) is 2.02. The highest BCUT2D eigenvalue weighted by molar-refractivity contribution is 8.18. The standard InChI is InChI=1S/C18H17N3OS/c1-20(15-10-6-3-7-11-15)13-16-17(22)21(18(19)23-16)12-14-8-4-2-5-9-14/h2-11,13,19H,12H2,1H3. The molecule has 1 aliphatic heterocycles. The third-order valence-corrected chi connectivity index (χ3v) is 4.48. The summed E-state index contributed by atoms with van der Waals surface area (Å²) < 4.78 is 0. The highest BCUT2D eigenvalue weighted by Gasteiger charge is 2.32. The molecule has 0 spiro atoms. The minimum Gasteiger partial charge on any atom is -0.350 e. The van der Waals surface area contributed by atoms with Gasteiger partial charge in [-0.1, -0.05) is 48.5 Å². The van der Waals surface area contributed by atoms with Crippen LogP contribution in [0.3, 0.4) is 0 Å². The maximum absolute atomic E-state index is 12.6. The highest BCUT2D eigenvalue weighted by Crippen LogP contribution is 2.31. The molecule has 0 atom stereocenters. The Labute approximate surface area is 139 Å². The van der Waals surface area contributed by atoms with E-state index >= 15 is 0 Å². The lowest BCUT2D eigenvalue weighted by atomic mass is 10.2. The number of hydrogen-bond acceptors (Lipinski definition) is 4. The van der Waals surface area contributed by atoms with Crippen LogP contribution >= 0.6 is 11.8 Å². The number of carbonyl (C=O) groups is 1. The van der Waals surface area contributed by atoms with E-state index in [1.807, 2.05) is 72.6 Å². The smallest absolute Gasteiger partial charge is 0.268 e. The van der Waals surface area contributed by atoms with Gasteiger partial charge in [0.05, 0.1) is 11.4 Å². The van der Waals surface area contributed by atoms with Crippen LogP contribution in [0.25, 0.3) is 0 Å². The molecular formula is C18H17N3OS. The molecule has 1 saturated heterocycles. The Bertz CT molecular complexity index is 743. The quantitative estimate of drug-likeness (QED) is 0.873. The molecular weight excluding hydrogens is 306 g/mol. The number of para-hydroxylation sites is 1. The minimum atomic E-state index is -0.119. The maximum atomic E-state index is 12.6. The second-order valence-electron chi connectivity index (χ2n) is 5.22. The van der Waals surface area contributed by atoms with E-state index < -0.39 is 0 Å². The fourth-order valence-electron chi connectivity index (χ4n) is 2.33. The lowest BCUT2D eigenvalue weighted by molar-refractivity contribution is -0.122. The molecule has 0 radical (unpaired) electrons. The van der Waals surface area contributed by atoms with Crippen molar-refractivity contribution in [2.75, 3.05) is 11.9 Å². The van der Waals surface area contributed by atoms with Gasteiger partial charge in [-0.05, 0) is 29.5 Å². The zero-order valence-electron chi connectivity index (χ0n) is 12.8. The van der Waals surface area contributed by atoms with Gasteiger partial charge in [-0.3, -0.25) is 15.1 Å². The first-order chi connectivity index (χ1) is 11.1. The molecule has 23 heavy (non-hydrogen) atoms. The van der Waals surface area contributed by atoms with Crippen molar-refractivity contribution in [2.45, 2.75) is 6.54 Å². The molecule has 5 heteroatoms. The van der Waals surface area contributed by atoms with Crippen LogP contribution in [0.5, 0.6) is 0 Å². The van der Waals surface area contributed by atoms with Gasteiger partial charge >= 0.3 is 0 Å². The van der Waals surface area contributed by atoms with Crippen LogP contribution in [0.2, 0.25) is 0 Å². The van der Waals surface area contributed by atoms with Crippen molar-refractivity contribution in [1.29, 1.82) is 5.41 Å². The fourth-order valence-corrected chi connectivity index (χ4v) is 3.21. The van der Waals surface area contributed by atoms with E-state index in [4.69, 9.17) is 5.41 Å². The number of amidine groups is 1. The summed E-state index contributed by atoms with van der Waals surface area (Å²) in [4.78, 5) is 16.5. The van der Waals surface area contributed by atoms with Crippen LogP contribution in [0, 0.1) is 5.41 Å². The van der Waals surface area contributed by atoms with E-state index in [1.54, 1.807) is 6.20 Å². The van der Waals surface area contributed by atoms with Gasteiger partial charge in [0.25, 0.3) is 5.91 Å². The largest absolute Gasteiger partial charge is 0.350 e. The molecule has 0 aliphatic carbocycles. The third-order valence-electron chi connectivity index (χ3n) is 3.57. The SMILES string of the molecule is CN(C=C1SC(=N)N(Cc2ccccc2)C1=O)c1ccccc1. The van der Waals surface area contributed by atoms with Crippen molar-refractivity contribution in [3.8, 4) is 0 Å². The molecule has 3 rings (SSSR count). The number of anilines is 1. The predicted molar refractivity (Wildman–Crippen MR) is 95.2 cm³/mol. The molecule has 1 N–H and O–H groups in total. The van der Waals surface area contributed by atoms with Crippen molar-refractivity contribution in [1.82, 2.24) is 4.90 Å². The van der Waals surface area contributed by atoms with Crippen molar-refractivity contribution in [3.05, 3.63) is 77.3 Å². The highest BCUT2D eigenvalue weighted by atomic mass is 32.2. The van der Waals surface area contributed by atoms with Gasteiger partial charge in [0.1, 0.15) is 0 Å². The third kappa shape index (κ3) is 3.46. The van der Waals surface area contributed by atoms with E-state index in [0.717, 1.165) is 11.3 Å². The molecule has 1 aliphatic rings. The molecule has 1 amide bonds. The molecule has 1 heterocycles. The van der Waals surface area contributed by atoms with E-state index in [1.165, 1.54) is 16.7 Å². The zero-order valence-corrected chi connectivity index (χ0v) is 13.6. The van der Waals surface area contributed by atoms with Gasteiger partial charge in [-0.15, -0.1) is 0 Å². The first-order valence-corrected chi connectivity index (χ1v) is 8.08. The lowest BCUT2D eigenvalue weighted by Crippen LogP contribution is -2.28. The second kappa shape index (κ2) is 6.71. The van der Waals surface area contributed by atoms with Gasteiger partial charge < -0.3 is 4.90 Å². The van der Waals surface area contributed by atoms with Crippen molar-refractivity contribution in [2.24, 2.45) is 0 Å². The summed E-state index contributed by atoms with van der Waals surface area (Å²) >= 11 is 1.20. The predicted octanol–water partition coefficient (Wildman–Crippen LogP) is 3.67. The van der Waals surface area contributed by atoms with Gasteiger partial charge in [0, 0.05) is 18.9 Å². The summed E-state index contributed by atoms with van der Waals surface area (Å²) in [7, 11) is 1.90. The molecule has 4 nitrogen and oxygen atoms in total. The fraction of sp³-hybridized carbons (Fsp3) is 0.111. The summed E-state index contributed by atoms with van der Waals surface area (Å²) in [6.45, 7) is 0.428. The van der Waals surface area contributed by atoms with Gasteiger partial charge in [-0.2, -0.15) is 0 Å². The van der Waals surface area contributed by atoms with Crippen molar-refractivity contribution in [3.63, 3.8) is 0 Å². The summed E-state index contributed by atoms with van der Waals surface area (Å²) in [5.74, 6) is -0.119. The number of benzene rings is 2. The normalized spacial score (nSPS) is 16.2. The molecule has 2 aromatic rings. The van der Waals surface area contributed by atoms with Crippen molar-refractivity contribution >= 4 is 28.5 Å². The average molecular weight is 323 g/mol. The van der Waals surface area contributed by atoms with Gasteiger partial charge in [0.15, 0.2) is 5.17 Å². The Morgan fingerprint density at radius 1 is 1.09 bits per heavy atom. The Morgan fingerprint density at radius 3 is 2.35 bits per heavy atom. The first-order valence-electron chi connectivity index (χ1n) is 7.27. The minimum absolute atomic E-state index is 0.119. The zero-order chi connectivity index (χ0) is 16.2. The van der Waals surface area contributed by atoms with E-state index in [0.29, 0.717) is 11.4 Å². The number of amides is 1. The number of hydrogen-bond donors (Lipinski definition) is 1. The Balaban J connectivity index is 1.77. The molecule has 0 bridgehead atoms. The summed E-state index contributed by atoms with van der Waals surface area (Å²) in [6.07, 6.45) is 1.79. The van der Waals surface area contributed by atoms with E-state index in [9.17, 15) is 4.79 Å². The molecule has 0 unspecified atom stereocenters. The topological polar surface area (TPSA) is 47.4 Å². The van der Waals surface area contributed by atoms with Gasteiger partial charge in [0.2, 0.25) is 0 Å². The van der Waals surface area contributed by atoms with Crippen LogP contribution in [0.1, 0.15) is 5.56 Å². The molecule has 0 saturated carbocycles. The maximum Gasteiger partial charge on any atom is 0.268 e. The Morgan fingerprint density at radius 2 is 1.70 bits per heavy atom. The molecule has 1 fully saturated rings. The average Bonchev–Trinajstić information content (AvgIpc) is 2.84. The van der Waals surface area contributed by atoms with Crippen LogP contribution < -0.4 is 4.90 Å². The monoisotopic (exact) mass is 323 g/mol. The molecule has 116 valence electrons. The molecule has 0 aromatic heterocycles. The Hall–Kier alpha value is -2.53. The van der Waals surface area contributed by atoms with Crippen LogP contribution in [-0.4, -0.2) is 23.0 Å². The second-order valence-corrected chi connectivity index (χ2v) is 6.25. The van der Waals surface area contributed by atoms with Gasteiger partial charge in [-0.25, -0.2) is 0 Å². The number of nitrogens with one attached hydrogen (secondary N) is 1. The number of rotatable bonds is 4. The van der Waals surface area contributed by atoms with Crippen LogP contribution in [0.4, 0.5) is 5.69 Å².